The first-order valence-corrected chi connectivity index (χ1v) is 9.15. The zero-order valence-corrected chi connectivity index (χ0v) is 16.6. The van der Waals surface area contributed by atoms with Crippen molar-refractivity contribution in [3.05, 3.63) is 29.8 Å². The monoisotopic (exact) mass is 408 g/mol. The maximum Gasteiger partial charge on any atom is 0.326 e. The Kier molecular flexibility index (Phi) is 9.07. The molecule has 0 aliphatic heterocycles. The molecular formula is C19H28N4O6. The zero-order chi connectivity index (χ0) is 22.1. The summed E-state index contributed by atoms with van der Waals surface area (Å²) in [5.74, 6) is -3.20. The van der Waals surface area contributed by atoms with Crippen LogP contribution in [0.2, 0.25) is 0 Å². The van der Waals surface area contributed by atoms with Crippen LogP contribution in [0.1, 0.15) is 26.3 Å². The van der Waals surface area contributed by atoms with Gasteiger partial charge in [0.15, 0.2) is 0 Å². The normalized spacial score (nSPS) is 13.8. The maximum atomic E-state index is 12.3. The quantitative estimate of drug-likeness (QED) is 0.291. The van der Waals surface area contributed by atoms with Gasteiger partial charge in [-0.1, -0.05) is 26.0 Å². The number of carbonyl (C=O) groups is 4. The molecule has 0 saturated heterocycles. The van der Waals surface area contributed by atoms with Crippen LogP contribution in [0.5, 0.6) is 5.75 Å². The van der Waals surface area contributed by atoms with Crippen LogP contribution in [0.15, 0.2) is 24.3 Å². The highest BCUT2D eigenvalue weighted by atomic mass is 16.4. The average Bonchev–Trinajstić information content (AvgIpc) is 2.64. The predicted molar refractivity (Wildman–Crippen MR) is 105 cm³/mol. The topological polar surface area (TPSA) is 171 Å². The third-order valence-electron chi connectivity index (χ3n) is 4.09. The molecule has 0 heterocycles. The lowest BCUT2D eigenvalue weighted by Gasteiger charge is -2.22. The Morgan fingerprint density at radius 1 is 1.00 bits per heavy atom. The Hall–Kier alpha value is -3.14. The number of phenols is 1. The van der Waals surface area contributed by atoms with Gasteiger partial charge < -0.3 is 31.9 Å². The van der Waals surface area contributed by atoms with E-state index in [1.807, 2.05) is 0 Å². The van der Waals surface area contributed by atoms with Gasteiger partial charge in [-0.05, 0) is 30.5 Å². The van der Waals surface area contributed by atoms with Gasteiger partial charge in [0.2, 0.25) is 17.7 Å². The number of nitrogens with one attached hydrogen (secondary N) is 3. The van der Waals surface area contributed by atoms with E-state index in [4.69, 9.17) is 5.73 Å². The summed E-state index contributed by atoms with van der Waals surface area (Å²) in [6, 6.07) is 3.05. The minimum atomic E-state index is -1.23. The molecule has 160 valence electrons. The predicted octanol–water partition coefficient (Wildman–Crippen LogP) is -0.892. The standard InChI is InChI=1S/C19H28N4O6/c1-10(2)16(23-17(26)11(3)20)18(27)21-9-15(25)22-14(19(28)29)8-12-4-6-13(24)7-5-12/h4-7,10-11,14,16,24H,8-9,20H2,1-3H3,(H,21,27)(H,22,25)(H,23,26)(H,28,29). The molecule has 3 unspecified atom stereocenters. The van der Waals surface area contributed by atoms with E-state index in [9.17, 15) is 29.4 Å². The van der Waals surface area contributed by atoms with Gasteiger partial charge in [-0.25, -0.2) is 4.79 Å². The molecule has 3 atom stereocenters. The van der Waals surface area contributed by atoms with Crippen LogP contribution < -0.4 is 21.7 Å². The smallest absolute Gasteiger partial charge is 0.326 e. The van der Waals surface area contributed by atoms with Crippen molar-refractivity contribution < 1.29 is 29.4 Å². The Morgan fingerprint density at radius 3 is 2.07 bits per heavy atom. The lowest BCUT2D eigenvalue weighted by atomic mass is 10.0. The van der Waals surface area contributed by atoms with Crippen molar-refractivity contribution in [2.24, 2.45) is 11.7 Å². The first kappa shape index (κ1) is 23.9. The molecule has 0 aliphatic rings. The number of hydrogen-bond acceptors (Lipinski definition) is 6. The summed E-state index contributed by atoms with van der Waals surface area (Å²) < 4.78 is 0. The molecule has 0 radical (unpaired) electrons. The van der Waals surface area contributed by atoms with E-state index in [2.05, 4.69) is 16.0 Å². The van der Waals surface area contributed by atoms with E-state index in [0.29, 0.717) is 5.56 Å². The van der Waals surface area contributed by atoms with Crippen molar-refractivity contribution in [2.75, 3.05) is 6.54 Å². The van der Waals surface area contributed by atoms with E-state index < -0.39 is 48.4 Å². The first-order valence-electron chi connectivity index (χ1n) is 9.15. The molecule has 0 aromatic heterocycles. The number of carboxylic acid groups (broad SMARTS) is 1. The van der Waals surface area contributed by atoms with Gasteiger partial charge in [0.1, 0.15) is 17.8 Å². The number of carboxylic acids is 1. The fraction of sp³-hybridized carbons (Fsp3) is 0.474. The molecule has 0 aliphatic carbocycles. The van der Waals surface area contributed by atoms with Gasteiger partial charge in [-0.2, -0.15) is 0 Å². The van der Waals surface area contributed by atoms with E-state index in [-0.39, 0.29) is 18.1 Å². The summed E-state index contributed by atoms with van der Waals surface area (Å²) in [6.07, 6.45) is 0.00830. The second-order valence-electron chi connectivity index (χ2n) is 7.07. The van der Waals surface area contributed by atoms with Gasteiger partial charge in [-0.15, -0.1) is 0 Å². The van der Waals surface area contributed by atoms with Crippen molar-refractivity contribution in [1.82, 2.24) is 16.0 Å². The number of phenolic OH excluding ortho intramolecular Hbond substituents is 1. The maximum absolute atomic E-state index is 12.3. The number of hydrogen-bond donors (Lipinski definition) is 6. The van der Waals surface area contributed by atoms with Crippen molar-refractivity contribution in [2.45, 2.75) is 45.3 Å². The molecule has 3 amide bonds. The highest BCUT2D eigenvalue weighted by Gasteiger charge is 2.26. The van der Waals surface area contributed by atoms with Crippen molar-refractivity contribution in [1.29, 1.82) is 0 Å². The van der Waals surface area contributed by atoms with Gasteiger partial charge in [-0.3, -0.25) is 14.4 Å². The summed E-state index contributed by atoms with van der Waals surface area (Å²) in [5, 5.41) is 25.8. The van der Waals surface area contributed by atoms with Crippen LogP contribution >= 0.6 is 0 Å². The van der Waals surface area contributed by atoms with Crippen molar-refractivity contribution >= 4 is 23.7 Å². The van der Waals surface area contributed by atoms with E-state index in [0.717, 1.165) is 0 Å². The second-order valence-corrected chi connectivity index (χ2v) is 7.07. The van der Waals surface area contributed by atoms with Gasteiger partial charge in [0, 0.05) is 6.42 Å². The highest BCUT2D eigenvalue weighted by molar-refractivity contribution is 5.92. The third kappa shape index (κ3) is 8.18. The van der Waals surface area contributed by atoms with E-state index in [1.54, 1.807) is 26.0 Å². The molecule has 1 rings (SSSR count). The molecule has 10 nitrogen and oxygen atoms in total. The Morgan fingerprint density at radius 2 is 1.59 bits per heavy atom. The number of carbonyl (C=O) groups excluding carboxylic acids is 3. The number of aliphatic carboxylic acids is 1. The molecule has 10 heteroatoms. The number of nitrogens with two attached hydrogens (primary N) is 1. The van der Waals surface area contributed by atoms with Gasteiger partial charge >= 0.3 is 5.97 Å². The lowest BCUT2D eigenvalue weighted by molar-refractivity contribution is -0.141. The molecule has 1 aromatic carbocycles. The molecule has 0 bridgehead atoms. The number of amides is 3. The van der Waals surface area contributed by atoms with Gasteiger partial charge in [0.05, 0.1) is 12.6 Å². The summed E-state index contributed by atoms with van der Waals surface area (Å²) in [5.41, 5.74) is 6.09. The molecule has 0 fully saturated rings. The molecule has 29 heavy (non-hydrogen) atoms. The first-order chi connectivity index (χ1) is 13.5. The minimum Gasteiger partial charge on any atom is -0.508 e. The van der Waals surface area contributed by atoms with Crippen LogP contribution in [0.4, 0.5) is 0 Å². The largest absolute Gasteiger partial charge is 0.508 e. The molecular weight excluding hydrogens is 380 g/mol. The SMILES string of the molecule is CC(N)C(=O)NC(C(=O)NCC(=O)NC(Cc1ccc(O)cc1)C(=O)O)C(C)C. The Labute approximate surface area is 168 Å². The average molecular weight is 408 g/mol. The Bertz CT molecular complexity index is 733. The van der Waals surface area contributed by atoms with E-state index >= 15 is 0 Å². The summed E-state index contributed by atoms with van der Waals surface area (Å²) in [7, 11) is 0. The molecule has 7 N–H and O–H groups in total. The minimum absolute atomic E-state index is 0.00830. The lowest BCUT2D eigenvalue weighted by Crippen LogP contribution is -2.55. The van der Waals surface area contributed by atoms with Crippen LogP contribution in [-0.4, -0.2) is 58.6 Å². The molecule has 1 aromatic rings. The van der Waals surface area contributed by atoms with Crippen molar-refractivity contribution in [3.8, 4) is 5.75 Å². The van der Waals surface area contributed by atoms with Crippen LogP contribution in [0.25, 0.3) is 0 Å². The Balaban J connectivity index is 2.63. The molecule has 0 spiro atoms. The third-order valence-corrected chi connectivity index (χ3v) is 4.09. The van der Waals surface area contributed by atoms with Crippen LogP contribution in [-0.2, 0) is 25.6 Å². The number of rotatable bonds is 10. The van der Waals surface area contributed by atoms with Crippen LogP contribution in [0, 0.1) is 5.92 Å². The second kappa shape index (κ2) is 11.0. The zero-order valence-electron chi connectivity index (χ0n) is 16.6. The van der Waals surface area contributed by atoms with Crippen LogP contribution in [0.3, 0.4) is 0 Å². The van der Waals surface area contributed by atoms with E-state index in [1.165, 1.54) is 19.1 Å². The fourth-order valence-corrected chi connectivity index (χ4v) is 2.41. The number of benzene rings is 1. The van der Waals surface area contributed by atoms with Gasteiger partial charge in [0.25, 0.3) is 0 Å². The summed E-state index contributed by atoms with van der Waals surface area (Å²) >= 11 is 0. The summed E-state index contributed by atoms with van der Waals surface area (Å²) in [4.78, 5) is 47.6. The molecule has 0 saturated carbocycles. The van der Waals surface area contributed by atoms with Crippen molar-refractivity contribution in [3.63, 3.8) is 0 Å². The number of aromatic hydroxyl groups is 1. The summed E-state index contributed by atoms with van der Waals surface area (Å²) in [6.45, 7) is 4.49. The fourth-order valence-electron chi connectivity index (χ4n) is 2.41. The highest BCUT2D eigenvalue weighted by Crippen LogP contribution is 2.11.